The van der Waals surface area contributed by atoms with Gasteiger partial charge in [-0.3, -0.25) is 9.59 Å². The number of carboxylic acids is 1. The molecule has 6 heteroatoms. The van der Waals surface area contributed by atoms with E-state index in [1.807, 2.05) is 21.6 Å². The fourth-order valence-corrected chi connectivity index (χ4v) is 5.75. The number of carboxylic acid groups (broad SMARTS) is 1. The van der Waals surface area contributed by atoms with Crippen LogP contribution in [0.5, 0.6) is 0 Å². The number of hydrogen-bond acceptors (Lipinski definition) is 4. The number of hydrogen-bond donors (Lipinski definition) is 2. The molecule has 1 aliphatic heterocycles. The molecule has 0 spiro atoms. The molecular formula is C16H29NO3S2. The van der Waals surface area contributed by atoms with Crippen molar-refractivity contribution in [2.75, 3.05) is 12.3 Å². The molecule has 1 heterocycles. The molecule has 1 rings (SSSR count). The number of unbranched alkanes of at least 4 members (excludes halogenated alkanes) is 1. The molecule has 0 aliphatic carbocycles. The lowest BCUT2D eigenvalue weighted by atomic mass is 9.94. The molecule has 2 N–H and O–H groups in total. The minimum atomic E-state index is -0.785. The van der Waals surface area contributed by atoms with Gasteiger partial charge in [-0.05, 0) is 37.5 Å². The van der Waals surface area contributed by atoms with Crippen LogP contribution in [-0.4, -0.2) is 34.5 Å². The van der Waals surface area contributed by atoms with Gasteiger partial charge in [0.25, 0.3) is 0 Å². The van der Waals surface area contributed by atoms with Crippen LogP contribution in [-0.2, 0) is 9.59 Å². The van der Waals surface area contributed by atoms with E-state index in [1.165, 1.54) is 18.6 Å². The standard InChI is InChI=1S/C16H29NO3S2/c1-12(2)9-13(10-16(19)20)11-17-15(18)6-4-3-5-14-7-8-21-22-14/h12-14H,3-11H2,1-2H3,(H,17,18)(H,19,20). The number of carbonyl (C=O) groups is 2. The highest BCUT2D eigenvalue weighted by molar-refractivity contribution is 8.77. The molecule has 22 heavy (non-hydrogen) atoms. The minimum absolute atomic E-state index is 0.0355. The number of amides is 1. The second-order valence-corrected chi connectivity index (χ2v) is 9.26. The molecule has 0 aromatic rings. The summed E-state index contributed by atoms with van der Waals surface area (Å²) in [6.45, 7) is 4.64. The SMILES string of the molecule is CC(C)CC(CNC(=O)CCCCC1CCSS1)CC(=O)O. The van der Waals surface area contributed by atoms with Gasteiger partial charge >= 0.3 is 5.97 Å². The number of aliphatic carboxylic acids is 1. The van der Waals surface area contributed by atoms with Crippen molar-refractivity contribution in [3.8, 4) is 0 Å². The van der Waals surface area contributed by atoms with Crippen molar-refractivity contribution in [1.82, 2.24) is 5.32 Å². The summed E-state index contributed by atoms with van der Waals surface area (Å²) in [6.07, 6.45) is 6.08. The Morgan fingerprint density at radius 1 is 1.32 bits per heavy atom. The van der Waals surface area contributed by atoms with E-state index in [4.69, 9.17) is 5.11 Å². The van der Waals surface area contributed by atoms with Crippen molar-refractivity contribution >= 4 is 33.5 Å². The van der Waals surface area contributed by atoms with Gasteiger partial charge in [-0.1, -0.05) is 41.9 Å². The van der Waals surface area contributed by atoms with Crippen molar-refractivity contribution in [2.45, 2.75) is 64.0 Å². The predicted octanol–water partition coefficient (Wildman–Crippen LogP) is 3.95. The maximum Gasteiger partial charge on any atom is 0.303 e. The van der Waals surface area contributed by atoms with E-state index in [0.717, 1.165) is 24.5 Å². The average Bonchev–Trinajstić information content (AvgIpc) is 2.93. The molecule has 0 radical (unpaired) electrons. The van der Waals surface area contributed by atoms with E-state index in [-0.39, 0.29) is 18.2 Å². The van der Waals surface area contributed by atoms with Crippen molar-refractivity contribution in [2.24, 2.45) is 11.8 Å². The molecule has 1 aliphatic rings. The summed E-state index contributed by atoms with van der Waals surface area (Å²) in [5.74, 6) is 1.02. The third kappa shape index (κ3) is 9.62. The molecule has 0 aromatic heterocycles. The molecule has 1 saturated heterocycles. The first-order valence-corrected chi connectivity index (χ1v) is 10.6. The smallest absolute Gasteiger partial charge is 0.303 e. The normalized spacial score (nSPS) is 19.3. The molecule has 4 nitrogen and oxygen atoms in total. The van der Waals surface area contributed by atoms with Crippen LogP contribution in [0, 0.1) is 11.8 Å². The van der Waals surface area contributed by atoms with Crippen LogP contribution in [0.3, 0.4) is 0 Å². The van der Waals surface area contributed by atoms with Crippen LogP contribution in [0.1, 0.15) is 58.8 Å². The van der Waals surface area contributed by atoms with Crippen LogP contribution < -0.4 is 5.32 Å². The lowest BCUT2D eigenvalue weighted by Gasteiger charge is -2.17. The summed E-state index contributed by atoms with van der Waals surface area (Å²) >= 11 is 0. The lowest BCUT2D eigenvalue weighted by Crippen LogP contribution is -2.30. The van der Waals surface area contributed by atoms with Crippen LogP contribution in [0.15, 0.2) is 0 Å². The van der Waals surface area contributed by atoms with Crippen molar-refractivity contribution in [3.63, 3.8) is 0 Å². The Kier molecular flexibility index (Phi) is 10.0. The first-order valence-electron chi connectivity index (χ1n) is 8.24. The Balaban J connectivity index is 2.12. The first-order chi connectivity index (χ1) is 10.5. The molecule has 1 amide bonds. The van der Waals surface area contributed by atoms with Crippen molar-refractivity contribution in [1.29, 1.82) is 0 Å². The second kappa shape index (κ2) is 11.2. The Bertz CT molecular complexity index is 344. The average molecular weight is 348 g/mol. The van der Waals surface area contributed by atoms with Gasteiger partial charge in [-0.25, -0.2) is 0 Å². The van der Waals surface area contributed by atoms with E-state index in [1.54, 1.807) is 0 Å². The van der Waals surface area contributed by atoms with Crippen LogP contribution in [0.25, 0.3) is 0 Å². The maximum atomic E-state index is 11.8. The molecule has 2 atom stereocenters. The van der Waals surface area contributed by atoms with Gasteiger partial charge in [0.2, 0.25) is 5.91 Å². The van der Waals surface area contributed by atoms with Gasteiger partial charge in [0.1, 0.15) is 0 Å². The number of carbonyl (C=O) groups excluding carboxylic acids is 1. The molecule has 0 saturated carbocycles. The molecule has 128 valence electrons. The fourth-order valence-electron chi connectivity index (χ4n) is 2.72. The third-order valence-electron chi connectivity index (χ3n) is 3.76. The van der Waals surface area contributed by atoms with Crippen LogP contribution in [0.2, 0.25) is 0 Å². The Morgan fingerprint density at radius 3 is 2.68 bits per heavy atom. The number of nitrogens with one attached hydrogen (secondary N) is 1. The zero-order valence-corrected chi connectivity index (χ0v) is 15.3. The van der Waals surface area contributed by atoms with Gasteiger partial charge in [0.15, 0.2) is 0 Å². The maximum absolute atomic E-state index is 11.8. The van der Waals surface area contributed by atoms with Gasteiger partial charge in [0.05, 0.1) is 0 Å². The van der Waals surface area contributed by atoms with Crippen molar-refractivity contribution < 1.29 is 14.7 Å². The van der Waals surface area contributed by atoms with Crippen LogP contribution in [0.4, 0.5) is 0 Å². The van der Waals surface area contributed by atoms with Gasteiger partial charge in [0, 0.05) is 30.4 Å². The highest BCUT2D eigenvalue weighted by Gasteiger charge is 2.17. The van der Waals surface area contributed by atoms with E-state index >= 15 is 0 Å². The molecule has 0 bridgehead atoms. The molecule has 2 unspecified atom stereocenters. The highest BCUT2D eigenvalue weighted by atomic mass is 33.1. The fraction of sp³-hybridized carbons (Fsp3) is 0.875. The minimum Gasteiger partial charge on any atom is -0.481 e. The molecule has 1 fully saturated rings. The first kappa shape index (κ1) is 19.7. The van der Waals surface area contributed by atoms with Gasteiger partial charge in [-0.2, -0.15) is 0 Å². The summed E-state index contributed by atoms with van der Waals surface area (Å²) in [7, 11) is 3.94. The van der Waals surface area contributed by atoms with Gasteiger partial charge < -0.3 is 10.4 Å². The van der Waals surface area contributed by atoms with Gasteiger partial charge in [-0.15, -0.1) is 0 Å². The summed E-state index contributed by atoms with van der Waals surface area (Å²) in [5, 5.41) is 12.6. The highest BCUT2D eigenvalue weighted by Crippen LogP contribution is 2.39. The molecule has 0 aromatic carbocycles. The third-order valence-corrected chi connectivity index (χ3v) is 6.77. The summed E-state index contributed by atoms with van der Waals surface area (Å²) in [5.41, 5.74) is 0. The predicted molar refractivity (Wildman–Crippen MR) is 95.1 cm³/mol. The quantitative estimate of drug-likeness (QED) is 0.437. The lowest BCUT2D eigenvalue weighted by molar-refractivity contribution is -0.138. The van der Waals surface area contributed by atoms with Crippen LogP contribution >= 0.6 is 21.6 Å². The Hall–Kier alpha value is -0.360. The summed E-state index contributed by atoms with van der Waals surface area (Å²) < 4.78 is 0. The zero-order chi connectivity index (χ0) is 16.4. The summed E-state index contributed by atoms with van der Waals surface area (Å²) in [6, 6.07) is 0. The second-order valence-electron chi connectivity index (χ2n) is 6.47. The number of rotatable bonds is 11. The summed E-state index contributed by atoms with van der Waals surface area (Å²) in [4.78, 5) is 22.7. The zero-order valence-electron chi connectivity index (χ0n) is 13.7. The van der Waals surface area contributed by atoms with E-state index in [2.05, 4.69) is 19.2 Å². The topological polar surface area (TPSA) is 66.4 Å². The monoisotopic (exact) mass is 347 g/mol. The van der Waals surface area contributed by atoms with E-state index < -0.39 is 5.97 Å². The Morgan fingerprint density at radius 2 is 2.09 bits per heavy atom. The van der Waals surface area contributed by atoms with E-state index in [9.17, 15) is 9.59 Å². The Labute approximate surface area is 142 Å². The largest absolute Gasteiger partial charge is 0.481 e. The molecular weight excluding hydrogens is 318 g/mol. The van der Waals surface area contributed by atoms with E-state index in [0.29, 0.717) is 18.9 Å². The van der Waals surface area contributed by atoms with Crippen molar-refractivity contribution in [3.05, 3.63) is 0 Å².